The van der Waals surface area contributed by atoms with Crippen LogP contribution in [-0.2, 0) is 0 Å². The first-order valence-corrected chi connectivity index (χ1v) is 5.50. The summed E-state index contributed by atoms with van der Waals surface area (Å²) in [6.45, 7) is 4.87. The fourth-order valence-corrected chi connectivity index (χ4v) is 1.81. The van der Waals surface area contributed by atoms with E-state index < -0.39 is 0 Å². The molecule has 0 aliphatic rings. The number of hydrogen-bond donors (Lipinski definition) is 1. The summed E-state index contributed by atoms with van der Waals surface area (Å²) in [5.74, 6) is 0.349. The van der Waals surface area contributed by atoms with Crippen LogP contribution in [0.2, 0.25) is 5.02 Å². The predicted octanol–water partition coefficient (Wildman–Crippen LogP) is 2.77. The minimum absolute atomic E-state index is 0.349. The van der Waals surface area contributed by atoms with Crippen molar-refractivity contribution in [1.82, 2.24) is 0 Å². The summed E-state index contributed by atoms with van der Waals surface area (Å²) in [6, 6.07) is 5.92. The van der Waals surface area contributed by atoms with E-state index in [9.17, 15) is 0 Å². The van der Waals surface area contributed by atoms with E-state index >= 15 is 0 Å². The van der Waals surface area contributed by atoms with E-state index in [1.54, 1.807) is 0 Å². The molecule has 0 amide bonds. The molecule has 16 heavy (non-hydrogen) atoms. The smallest absolute Gasteiger partial charge is 0.111 e. The highest BCUT2D eigenvalue weighted by atomic mass is 35.5. The number of benzene rings is 1. The minimum atomic E-state index is 0.349. The Balaban J connectivity index is 2.69. The number of aliphatic imine (C=N–C) groups is 2. The summed E-state index contributed by atoms with van der Waals surface area (Å²) in [7, 11) is 0. The van der Waals surface area contributed by atoms with Gasteiger partial charge in [-0.1, -0.05) is 24.6 Å². The first-order chi connectivity index (χ1) is 7.65. The monoisotopic (exact) mass is 237 g/mol. The van der Waals surface area contributed by atoms with E-state index in [0.29, 0.717) is 12.5 Å². The molecule has 3 nitrogen and oxygen atoms in total. The van der Waals surface area contributed by atoms with Gasteiger partial charge in [-0.3, -0.25) is 4.99 Å². The molecule has 1 aromatic rings. The number of nitrogens with two attached hydrogens (primary N) is 1. The van der Waals surface area contributed by atoms with E-state index in [1.165, 1.54) is 23.8 Å². The summed E-state index contributed by atoms with van der Waals surface area (Å²) in [5, 5.41) is 0.768. The first kappa shape index (κ1) is 12.7. The molecule has 0 heterocycles. The van der Waals surface area contributed by atoms with Crippen LogP contribution in [0, 0.1) is 6.92 Å². The molecule has 0 aliphatic carbocycles. The normalized spacial score (nSPS) is 13.7. The van der Waals surface area contributed by atoms with Gasteiger partial charge in [-0.2, -0.15) is 0 Å². The highest BCUT2D eigenvalue weighted by Gasteiger charge is 2.07. The Bertz CT molecular complexity index is 399. The number of aryl methyl sites for hydroxylation is 1. The molecule has 0 aliphatic heterocycles. The second kappa shape index (κ2) is 6.28. The van der Waals surface area contributed by atoms with Gasteiger partial charge in [-0.15, -0.1) is 0 Å². The highest BCUT2D eigenvalue weighted by Crippen LogP contribution is 2.22. The molecule has 1 unspecified atom stereocenters. The lowest BCUT2D eigenvalue weighted by molar-refractivity contribution is 0.771. The topological polar surface area (TPSA) is 50.7 Å². The van der Waals surface area contributed by atoms with Crippen LogP contribution < -0.4 is 5.73 Å². The maximum Gasteiger partial charge on any atom is 0.111 e. The van der Waals surface area contributed by atoms with Crippen molar-refractivity contribution in [3.05, 3.63) is 34.3 Å². The van der Waals surface area contributed by atoms with Crippen LogP contribution >= 0.6 is 11.6 Å². The van der Waals surface area contributed by atoms with Gasteiger partial charge < -0.3 is 5.73 Å². The Labute approximate surface area is 101 Å². The van der Waals surface area contributed by atoms with Crippen molar-refractivity contribution in [2.75, 3.05) is 6.54 Å². The van der Waals surface area contributed by atoms with E-state index in [2.05, 4.69) is 23.8 Å². The summed E-state index contributed by atoms with van der Waals surface area (Å²) in [6.07, 6.45) is 2.70. The van der Waals surface area contributed by atoms with Gasteiger partial charge in [0.05, 0.1) is 6.34 Å². The molecule has 86 valence electrons. The molecular formula is C12H16ClN3. The van der Waals surface area contributed by atoms with Crippen molar-refractivity contribution in [2.45, 2.75) is 19.8 Å². The van der Waals surface area contributed by atoms with E-state index in [0.717, 1.165) is 5.02 Å². The molecule has 1 aromatic carbocycles. The molecule has 0 bridgehead atoms. The lowest BCUT2D eigenvalue weighted by atomic mass is 9.97. The molecule has 0 aromatic heterocycles. The van der Waals surface area contributed by atoms with Gasteiger partial charge in [0.15, 0.2) is 0 Å². The van der Waals surface area contributed by atoms with E-state index in [4.69, 9.17) is 17.3 Å². The van der Waals surface area contributed by atoms with E-state index in [-0.39, 0.29) is 0 Å². The molecule has 2 N–H and O–H groups in total. The lowest BCUT2D eigenvalue weighted by Gasteiger charge is -2.12. The summed E-state index contributed by atoms with van der Waals surface area (Å²) in [4.78, 5) is 7.88. The average Bonchev–Trinajstić information content (AvgIpc) is 2.24. The first-order valence-electron chi connectivity index (χ1n) is 5.13. The fraction of sp³-hybridized carbons (Fsp3) is 0.333. The number of nitrogens with zero attached hydrogens (tertiary/aromatic N) is 2. The van der Waals surface area contributed by atoms with Gasteiger partial charge in [0.2, 0.25) is 0 Å². The van der Waals surface area contributed by atoms with Crippen LogP contribution in [0.5, 0.6) is 0 Å². The Morgan fingerprint density at radius 1 is 1.50 bits per heavy atom. The summed E-state index contributed by atoms with van der Waals surface area (Å²) >= 11 is 5.90. The fourth-order valence-electron chi connectivity index (χ4n) is 1.58. The number of rotatable bonds is 4. The zero-order valence-corrected chi connectivity index (χ0v) is 10.3. The standard InChI is InChI=1S/C12H16ClN3/c1-9-5-11(13)3-4-12(9)10(2)6-15-8-16-7-14/h3-5,7-8,10H,6H2,1-2H3,(H2,14,15,16). The van der Waals surface area contributed by atoms with Crippen molar-refractivity contribution in [1.29, 1.82) is 0 Å². The maximum atomic E-state index is 5.90. The predicted molar refractivity (Wildman–Crippen MR) is 70.6 cm³/mol. The van der Waals surface area contributed by atoms with Crippen molar-refractivity contribution in [2.24, 2.45) is 15.7 Å². The average molecular weight is 238 g/mol. The van der Waals surface area contributed by atoms with Gasteiger partial charge in [-0.25, -0.2) is 4.99 Å². The SMILES string of the molecule is Cc1cc(Cl)ccc1C(C)CN=CN=CN. The van der Waals surface area contributed by atoms with Crippen molar-refractivity contribution < 1.29 is 0 Å². The second-order valence-corrected chi connectivity index (χ2v) is 4.12. The van der Waals surface area contributed by atoms with Crippen molar-refractivity contribution in [3.8, 4) is 0 Å². The van der Waals surface area contributed by atoms with Crippen LogP contribution in [0.25, 0.3) is 0 Å². The van der Waals surface area contributed by atoms with Crippen LogP contribution in [0.1, 0.15) is 24.0 Å². The van der Waals surface area contributed by atoms with Crippen LogP contribution in [0.15, 0.2) is 28.2 Å². The maximum absolute atomic E-state index is 5.90. The zero-order chi connectivity index (χ0) is 12.0. The molecule has 1 atom stereocenters. The van der Waals surface area contributed by atoms with Gasteiger partial charge in [0, 0.05) is 17.5 Å². The van der Waals surface area contributed by atoms with E-state index in [1.807, 2.05) is 18.2 Å². The van der Waals surface area contributed by atoms with Crippen LogP contribution in [0.3, 0.4) is 0 Å². The Morgan fingerprint density at radius 3 is 2.88 bits per heavy atom. The van der Waals surface area contributed by atoms with Crippen LogP contribution in [0.4, 0.5) is 0 Å². The Kier molecular flexibility index (Phi) is 4.99. The Morgan fingerprint density at radius 2 is 2.25 bits per heavy atom. The molecule has 0 fully saturated rings. The number of halogens is 1. The molecule has 0 saturated heterocycles. The third-order valence-electron chi connectivity index (χ3n) is 2.38. The summed E-state index contributed by atoms with van der Waals surface area (Å²) in [5.41, 5.74) is 7.55. The molecule has 0 spiro atoms. The second-order valence-electron chi connectivity index (χ2n) is 3.68. The van der Waals surface area contributed by atoms with Gasteiger partial charge >= 0.3 is 0 Å². The van der Waals surface area contributed by atoms with Crippen LogP contribution in [-0.4, -0.2) is 19.2 Å². The highest BCUT2D eigenvalue weighted by molar-refractivity contribution is 6.30. The zero-order valence-electron chi connectivity index (χ0n) is 9.52. The molecule has 4 heteroatoms. The minimum Gasteiger partial charge on any atom is -0.390 e. The molecular weight excluding hydrogens is 222 g/mol. The lowest BCUT2D eigenvalue weighted by Crippen LogP contribution is -2.00. The quantitative estimate of drug-likeness (QED) is 0.635. The van der Waals surface area contributed by atoms with Crippen molar-refractivity contribution >= 4 is 24.3 Å². The third kappa shape index (κ3) is 3.66. The van der Waals surface area contributed by atoms with Gasteiger partial charge in [0.1, 0.15) is 6.34 Å². The Hall–Kier alpha value is -1.35. The molecule has 0 radical (unpaired) electrons. The molecule has 1 rings (SSSR count). The largest absolute Gasteiger partial charge is 0.390 e. The van der Waals surface area contributed by atoms with Gasteiger partial charge in [-0.05, 0) is 30.2 Å². The van der Waals surface area contributed by atoms with Crippen molar-refractivity contribution in [3.63, 3.8) is 0 Å². The molecule has 0 saturated carbocycles. The van der Waals surface area contributed by atoms with Gasteiger partial charge in [0.25, 0.3) is 0 Å². The number of hydrogen-bond acceptors (Lipinski definition) is 1. The summed E-state index contributed by atoms with van der Waals surface area (Å²) < 4.78 is 0. The third-order valence-corrected chi connectivity index (χ3v) is 2.61.